The first-order valence-electron chi connectivity index (χ1n) is 9.51. The van der Waals surface area contributed by atoms with Gasteiger partial charge in [-0.2, -0.15) is 0 Å². The van der Waals surface area contributed by atoms with E-state index in [4.69, 9.17) is 13.9 Å². The highest BCUT2D eigenvalue weighted by Crippen LogP contribution is 2.26. The number of nitrogens with zero attached hydrogens (tertiary/aromatic N) is 3. The molecule has 2 N–H and O–H groups in total. The summed E-state index contributed by atoms with van der Waals surface area (Å²) in [5, 5.41) is 20.1. The number of carboxylic acids is 1. The highest BCUT2D eigenvalue weighted by atomic mass is 16.4. The van der Waals surface area contributed by atoms with Gasteiger partial charge in [-0.15, -0.1) is 5.10 Å². The number of amides is 1. The molecule has 0 atom stereocenters. The molecule has 0 radical (unpaired) electrons. The molecule has 3 aromatic heterocycles. The summed E-state index contributed by atoms with van der Waals surface area (Å²) in [6.07, 6.45) is 1.48. The standard InChI is InChI=1S/C23H14N4O5/c28-20(25-23-27-26-21(32-23)19-6-3-11-31-19)16-12-18(24-17-5-2-1-4-15(16)17)13-7-9-14(10-8-13)22(29)30/h1-12H,(H,29,30)(H,25,27,28). The van der Waals surface area contributed by atoms with Crippen molar-refractivity contribution in [2.45, 2.75) is 0 Å². The summed E-state index contributed by atoms with van der Waals surface area (Å²) in [5.41, 5.74) is 2.32. The van der Waals surface area contributed by atoms with Crippen LogP contribution in [0.1, 0.15) is 20.7 Å². The molecule has 0 saturated carbocycles. The molecule has 5 rings (SSSR count). The molecule has 0 unspecified atom stereocenters. The fourth-order valence-electron chi connectivity index (χ4n) is 3.23. The number of pyridine rings is 1. The molecule has 0 spiro atoms. The molecule has 0 aliphatic heterocycles. The average molecular weight is 426 g/mol. The summed E-state index contributed by atoms with van der Waals surface area (Å²) < 4.78 is 10.7. The number of hydrogen-bond donors (Lipinski definition) is 2. The van der Waals surface area contributed by atoms with Crippen LogP contribution in [-0.4, -0.2) is 32.2 Å². The van der Waals surface area contributed by atoms with E-state index in [0.29, 0.717) is 33.5 Å². The zero-order valence-corrected chi connectivity index (χ0v) is 16.4. The second kappa shape index (κ2) is 7.80. The summed E-state index contributed by atoms with van der Waals surface area (Å²) in [7, 11) is 0. The van der Waals surface area contributed by atoms with E-state index in [1.807, 2.05) is 12.1 Å². The molecule has 0 aliphatic carbocycles. The summed E-state index contributed by atoms with van der Waals surface area (Å²) >= 11 is 0. The van der Waals surface area contributed by atoms with Crippen molar-refractivity contribution in [1.29, 1.82) is 0 Å². The van der Waals surface area contributed by atoms with Gasteiger partial charge in [0.1, 0.15) is 0 Å². The summed E-state index contributed by atoms with van der Waals surface area (Å²) in [5.74, 6) is -0.943. The van der Waals surface area contributed by atoms with Crippen LogP contribution in [0.5, 0.6) is 0 Å². The Balaban J connectivity index is 1.51. The van der Waals surface area contributed by atoms with Gasteiger partial charge in [0.15, 0.2) is 5.76 Å². The third kappa shape index (κ3) is 3.58. The maximum Gasteiger partial charge on any atom is 0.335 e. The predicted molar refractivity (Wildman–Crippen MR) is 114 cm³/mol. The molecular weight excluding hydrogens is 412 g/mol. The highest BCUT2D eigenvalue weighted by Gasteiger charge is 2.18. The number of aromatic carboxylic acids is 1. The Labute approximate surface area is 180 Å². The van der Waals surface area contributed by atoms with Gasteiger partial charge in [0.05, 0.1) is 28.6 Å². The monoisotopic (exact) mass is 426 g/mol. The molecule has 9 nitrogen and oxygen atoms in total. The molecule has 0 fully saturated rings. The summed E-state index contributed by atoms with van der Waals surface area (Å²) in [4.78, 5) is 28.8. The second-order valence-electron chi connectivity index (χ2n) is 6.80. The van der Waals surface area contributed by atoms with Gasteiger partial charge in [-0.1, -0.05) is 35.4 Å². The van der Waals surface area contributed by atoms with Crippen molar-refractivity contribution >= 4 is 28.8 Å². The zero-order valence-electron chi connectivity index (χ0n) is 16.4. The number of carbonyl (C=O) groups excluding carboxylic acids is 1. The number of rotatable bonds is 5. The summed E-state index contributed by atoms with van der Waals surface area (Å²) in [6.45, 7) is 0. The van der Waals surface area contributed by atoms with Crippen molar-refractivity contribution in [1.82, 2.24) is 15.2 Å². The first kappa shape index (κ1) is 19.2. The number of fused-ring (bicyclic) bond motifs is 1. The van der Waals surface area contributed by atoms with Crippen molar-refractivity contribution in [3.63, 3.8) is 0 Å². The van der Waals surface area contributed by atoms with Gasteiger partial charge >= 0.3 is 12.0 Å². The number of nitrogens with one attached hydrogen (secondary N) is 1. The SMILES string of the molecule is O=C(O)c1ccc(-c2cc(C(=O)Nc3nnc(-c4ccco4)o3)c3ccccc3n2)cc1. The Kier molecular flexibility index (Phi) is 4.68. The topological polar surface area (TPSA) is 131 Å². The Morgan fingerprint density at radius 1 is 0.938 bits per heavy atom. The van der Waals surface area contributed by atoms with E-state index in [-0.39, 0.29) is 17.5 Å². The first-order valence-corrected chi connectivity index (χ1v) is 9.51. The van der Waals surface area contributed by atoms with Crippen LogP contribution in [0.4, 0.5) is 6.01 Å². The predicted octanol–water partition coefficient (Wildman–Crippen LogP) is 4.50. The van der Waals surface area contributed by atoms with Crippen molar-refractivity contribution in [3.8, 4) is 22.9 Å². The first-order chi connectivity index (χ1) is 15.6. The molecule has 3 heterocycles. The number of furan rings is 1. The molecule has 0 saturated heterocycles. The molecule has 156 valence electrons. The quantitative estimate of drug-likeness (QED) is 0.420. The van der Waals surface area contributed by atoms with E-state index in [9.17, 15) is 9.59 Å². The van der Waals surface area contributed by atoms with Crippen LogP contribution < -0.4 is 5.32 Å². The van der Waals surface area contributed by atoms with Crippen LogP contribution in [0, 0.1) is 0 Å². The Hall–Kier alpha value is -4.79. The minimum atomic E-state index is -1.02. The van der Waals surface area contributed by atoms with Crippen LogP contribution in [0.3, 0.4) is 0 Å². The third-order valence-corrected chi connectivity index (χ3v) is 4.77. The van der Waals surface area contributed by atoms with Crippen molar-refractivity contribution in [3.05, 3.63) is 84.1 Å². The van der Waals surface area contributed by atoms with Gasteiger partial charge < -0.3 is 13.9 Å². The van der Waals surface area contributed by atoms with Crippen LogP contribution in [0.15, 0.2) is 81.8 Å². The average Bonchev–Trinajstić information content (AvgIpc) is 3.50. The lowest BCUT2D eigenvalue weighted by atomic mass is 10.0. The highest BCUT2D eigenvalue weighted by molar-refractivity contribution is 6.12. The van der Waals surface area contributed by atoms with Crippen molar-refractivity contribution < 1.29 is 23.5 Å². The Morgan fingerprint density at radius 3 is 2.50 bits per heavy atom. The Bertz CT molecular complexity index is 1440. The van der Waals surface area contributed by atoms with Crippen molar-refractivity contribution in [2.75, 3.05) is 5.32 Å². The molecule has 0 aliphatic rings. The fourth-order valence-corrected chi connectivity index (χ4v) is 3.23. The minimum Gasteiger partial charge on any atom is -0.478 e. The van der Waals surface area contributed by atoms with Crippen LogP contribution in [0.25, 0.3) is 33.8 Å². The third-order valence-electron chi connectivity index (χ3n) is 4.77. The summed E-state index contributed by atoms with van der Waals surface area (Å²) in [6, 6.07) is 18.4. The lowest BCUT2D eigenvalue weighted by molar-refractivity contribution is 0.0696. The number of benzene rings is 2. The minimum absolute atomic E-state index is 0.0744. The maximum atomic E-state index is 13.1. The molecular formula is C23H14N4O5. The zero-order chi connectivity index (χ0) is 22.1. The number of carbonyl (C=O) groups is 2. The van der Waals surface area contributed by atoms with E-state index < -0.39 is 11.9 Å². The maximum absolute atomic E-state index is 13.1. The lowest BCUT2D eigenvalue weighted by Crippen LogP contribution is -2.13. The van der Waals surface area contributed by atoms with E-state index in [1.54, 1.807) is 42.5 Å². The Morgan fingerprint density at radius 2 is 1.75 bits per heavy atom. The van der Waals surface area contributed by atoms with Gasteiger partial charge in [0.2, 0.25) is 0 Å². The van der Waals surface area contributed by atoms with Crippen LogP contribution in [0.2, 0.25) is 0 Å². The molecule has 0 bridgehead atoms. The van der Waals surface area contributed by atoms with Gasteiger partial charge in [-0.25, -0.2) is 9.78 Å². The molecule has 2 aromatic carbocycles. The van der Waals surface area contributed by atoms with Gasteiger partial charge in [0, 0.05) is 10.9 Å². The second-order valence-corrected chi connectivity index (χ2v) is 6.80. The van der Waals surface area contributed by atoms with E-state index in [2.05, 4.69) is 20.5 Å². The van der Waals surface area contributed by atoms with Crippen LogP contribution in [-0.2, 0) is 0 Å². The smallest absolute Gasteiger partial charge is 0.335 e. The van der Waals surface area contributed by atoms with E-state index >= 15 is 0 Å². The number of hydrogen-bond acceptors (Lipinski definition) is 7. The molecule has 9 heteroatoms. The molecule has 5 aromatic rings. The molecule has 32 heavy (non-hydrogen) atoms. The van der Waals surface area contributed by atoms with Gasteiger partial charge in [-0.05, 0) is 36.4 Å². The van der Waals surface area contributed by atoms with Crippen LogP contribution >= 0.6 is 0 Å². The lowest BCUT2D eigenvalue weighted by Gasteiger charge is -2.09. The number of para-hydroxylation sites is 1. The number of anilines is 1. The normalized spacial score (nSPS) is 10.9. The number of carboxylic acid groups (broad SMARTS) is 1. The fraction of sp³-hybridized carbons (Fsp3) is 0. The van der Waals surface area contributed by atoms with E-state index in [1.165, 1.54) is 18.4 Å². The van der Waals surface area contributed by atoms with Gasteiger partial charge in [-0.3, -0.25) is 10.1 Å². The molecule has 1 amide bonds. The van der Waals surface area contributed by atoms with E-state index in [0.717, 1.165) is 0 Å². The van der Waals surface area contributed by atoms with Crippen molar-refractivity contribution in [2.24, 2.45) is 0 Å². The van der Waals surface area contributed by atoms with Gasteiger partial charge in [0.25, 0.3) is 11.8 Å². The number of aromatic nitrogens is 3. The largest absolute Gasteiger partial charge is 0.478 e.